The highest BCUT2D eigenvalue weighted by Crippen LogP contribution is 2.36. The molecule has 1 saturated heterocycles. The number of ether oxygens (including phenoxy) is 2. The summed E-state index contributed by atoms with van der Waals surface area (Å²) in [7, 11) is 0. The van der Waals surface area contributed by atoms with Crippen molar-refractivity contribution in [3.8, 4) is 22.8 Å². The second-order valence-electron chi connectivity index (χ2n) is 6.53. The Morgan fingerprint density at radius 2 is 2.00 bits per heavy atom. The van der Waals surface area contributed by atoms with E-state index in [0.717, 1.165) is 12.0 Å². The summed E-state index contributed by atoms with van der Waals surface area (Å²) in [5.74, 6) is 2.01. The summed E-state index contributed by atoms with van der Waals surface area (Å²) < 4.78 is 16.7. The Kier molecular flexibility index (Phi) is 6.97. The van der Waals surface area contributed by atoms with Crippen LogP contribution >= 0.6 is 24.8 Å². The van der Waals surface area contributed by atoms with Crippen molar-refractivity contribution in [1.82, 2.24) is 9.88 Å². The molecule has 2 aliphatic heterocycles. The number of halogens is 2. The molecule has 0 saturated carbocycles. The summed E-state index contributed by atoms with van der Waals surface area (Å²) in [6, 6.07) is 5.64. The first-order chi connectivity index (χ1) is 12.2. The minimum Gasteiger partial charge on any atom is -0.486 e. The van der Waals surface area contributed by atoms with Crippen molar-refractivity contribution in [1.29, 1.82) is 0 Å². The molecule has 1 amide bonds. The molecule has 1 aromatic heterocycles. The maximum atomic E-state index is 13.0. The standard InChI is InChI=1S/C18H21N3O4.2ClH/c1-11-6-12(8-19)9-21(11)18(22)16-17(25-10-20-16)13-2-3-14-15(7-13)24-5-4-23-14;;/h2-3,7,10-12H,4-6,8-9,19H2,1H3;2*1H. The molecular weight excluding hydrogens is 393 g/mol. The van der Waals surface area contributed by atoms with Crippen molar-refractivity contribution in [2.24, 2.45) is 11.7 Å². The maximum absolute atomic E-state index is 13.0. The normalized spacial score (nSPS) is 20.6. The van der Waals surface area contributed by atoms with E-state index in [9.17, 15) is 4.79 Å². The van der Waals surface area contributed by atoms with Gasteiger partial charge in [0, 0.05) is 18.2 Å². The second-order valence-corrected chi connectivity index (χ2v) is 6.53. The highest BCUT2D eigenvalue weighted by Gasteiger charge is 2.34. The Morgan fingerprint density at radius 3 is 2.70 bits per heavy atom. The molecule has 0 radical (unpaired) electrons. The smallest absolute Gasteiger partial charge is 0.276 e. The van der Waals surface area contributed by atoms with Crippen molar-refractivity contribution in [3.63, 3.8) is 0 Å². The molecular formula is C18H23Cl2N3O4. The fraction of sp³-hybridized carbons (Fsp3) is 0.444. The third kappa shape index (κ3) is 4.00. The zero-order valence-electron chi connectivity index (χ0n) is 14.9. The van der Waals surface area contributed by atoms with Gasteiger partial charge in [-0.05, 0) is 44.0 Å². The highest BCUT2D eigenvalue weighted by molar-refractivity contribution is 5.98. The Bertz CT molecular complexity index is 799. The van der Waals surface area contributed by atoms with Gasteiger partial charge in [0.05, 0.1) is 0 Å². The van der Waals surface area contributed by atoms with E-state index in [1.165, 1.54) is 6.39 Å². The van der Waals surface area contributed by atoms with E-state index < -0.39 is 0 Å². The predicted molar refractivity (Wildman–Crippen MR) is 105 cm³/mol. The number of hydrogen-bond acceptors (Lipinski definition) is 6. The second kappa shape index (κ2) is 8.82. The van der Waals surface area contributed by atoms with E-state index in [-0.39, 0.29) is 36.8 Å². The van der Waals surface area contributed by atoms with Gasteiger partial charge in [-0.1, -0.05) is 0 Å². The van der Waals surface area contributed by atoms with Gasteiger partial charge in [0.25, 0.3) is 5.91 Å². The molecule has 0 aliphatic carbocycles. The lowest BCUT2D eigenvalue weighted by molar-refractivity contribution is 0.0738. The van der Waals surface area contributed by atoms with Crippen LogP contribution in [0.3, 0.4) is 0 Å². The first kappa shape index (κ1) is 21.3. The molecule has 7 nitrogen and oxygen atoms in total. The van der Waals surface area contributed by atoms with Gasteiger partial charge in [-0.2, -0.15) is 0 Å². The summed E-state index contributed by atoms with van der Waals surface area (Å²) in [6.07, 6.45) is 2.22. The maximum Gasteiger partial charge on any atom is 0.276 e. The molecule has 2 unspecified atom stereocenters. The fourth-order valence-electron chi connectivity index (χ4n) is 3.52. The number of nitrogens with two attached hydrogens (primary N) is 1. The number of amides is 1. The van der Waals surface area contributed by atoms with Gasteiger partial charge in [-0.15, -0.1) is 24.8 Å². The van der Waals surface area contributed by atoms with Gasteiger partial charge < -0.3 is 24.5 Å². The zero-order chi connectivity index (χ0) is 17.4. The van der Waals surface area contributed by atoms with Crippen molar-refractivity contribution in [2.75, 3.05) is 26.3 Å². The fourth-order valence-corrected chi connectivity index (χ4v) is 3.52. The van der Waals surface area contributed by atoms with Gasteiger partial charge in [-0.3, -0.25) is 4.79 Å². The lowest BCUT2D eigenvalue weighted by Crippen LogP contribution is -2.35. The zero-order valence-corrected chi connectivity index (χ0v) is 16.6. The van der Waals surface area contributed by atoms with Crippen molar-refractivity contribution in [2.45, 2.75) is 19.4 Å². The minimum absolute atomic E-state index is 0. The van der Waals surface area contributed by atoms with Crippen molar-refractivity contribution in [3.05, 3.63) is 30.3 Å². The molecule has 9 heteroatoms. The molecule has 4 rings (SSSR count). The third-order valence-electron chi connectivity index (χ3n) is 4.83. The van der Waals surface area contributed by atoms with E-state index in [1.54, 1.807) is 0 Å². The van der Waals surface area contributed by atoms with Crippen molar-refractivity contribution >= 4 is 30.7 Å². The summed E-state index contributed by atoms with van der Waals surface area (Å²) in [5, 5.41) is 0. The first-order valence-corrected chi connectivity index (χ1v) is 8.52. The van der Waals surface area contributed by atoms with E-state index in [2.05, 4.69) is 4.98 Å². The van der Waals surface area contributed by atoms with Crippen LogP contribution in [0.15, 0.2) is 29.0 Å². The number of hydrogen-bond donors (Lipinski definition) is 1. The van der Waals surface area contributed by atoms with Crippen LogP contribution in [0.2, 0.25) is 0 Å². The Balaban J connectivity index is 0.00000131. The topological polar surface area (TPSA) is 90.8 Å². The number of aromatic nitrogens is 1. The summed E-state index contributed by atoms with van der Waals surface area (Å²) in [6.45, 7) is 4.32. The van der Waals surface area contributed by atoms with Gasteiger partial charge in [0.2, 0.25) is 0 Å². The van der Waals surface area contributed by atoms with Crippen LogP contribution in [-0.2, 0) is 0 Å². The van der Waals surface area contributed by atoms with Crippen LogP contribution in [0.5, 0.6) is 11.5 Å². The van der Waals surface area contributed by atoms with Crippen LogP contribution in [0.1, 0.15) is 23.8 Å². The Hall–Kier alpha value is -1.96. The highest BCUT2D eigenvalue weighted by atomic mass is 35.5. The van der Waals surface area contributed by atoms with Crippen LogP contribution in [-0.4, -0.2) is 48.1 Å². The number of nitrogens with zero attached hydrogens (tertiary/aromatic N) is 2. The molecule has 0 spiro atoms. The Labute approximate surface area is 170 Å². The molecule has 1 fully saturated rings. The lowest BCUT2D eigenvalue weighted by atomic mass is 10.1. The molecule has 27 heavy (non-hydrogen) atoms. The number of benzene rings is 1. The van der Waals surface area contributed by atoms with E-state index in [1.807, 2.05) is 30.0 Å². The number of carbonyl (C=O) groups is 1. The van der Waals surface area contributed by atoms with Gasteiger partial charge in [-0.25, -0.2) is 4.98 Å². The van der Waals surface area contributed by atoms with Gasteiger partial charge in [0.1, 0.15) is 13.2 Å². The molecule has 2 N–H and O–H groups in total. The number of likely N-dealkylation sites (tertiary alicyclic amines) is 1. The number of carbonyl (C=O) groups excluding carboxylic acids is 1. The third-order valence-corrected chi connectivity index (χ3v) is 4.83. The minimum atomic E-state index is -0.123. The predicted octanol–water partition coefficient (Wildman–Crippen LogP) is 2.77. The lowest BCUT2D eigenvalue weighted by Gasteiger charge is -2.21. The van der Waals surface area contributed by atoms with Gasteiger partial charge in [0.15, 0.2) is 29.3 Å². The van der Waals surface area contributed by atoms with Crippen molar-refractivity contribution < 1.29 is 18.7 Å². The SMILES string of the molecule is CC1CC(CN)CN1C(=O)c1ncoc1-c1ccc2c(c1)OCCO2.Cl.Cl. The molecule has 2 aromatic rings. The number of fused-ring (bicyclic) bond motifs is 1. The summed E-state index contributed by atoms with van der Waals surface area (Å²) >= 11 is 0. The first-order valence-electron chi connectivity index (χ1n) is 8.52. The summed E-state index contributed by atoms with van der Waals surface area (Å²) in [4.78, 5) is 19.0. The molecule has 0 bridgehead atoms. The number of rotatable bonds is 3. The van der Waals surface area contributed by atoms with Gasteiger partial charge >= 0.3 is 0 Å². The monoisotopic (exact) mass is 415 g/mol. The molecule has 3 heterocycles. The van der Waals surface area contributed by atoms with Crippen LogP contribution in [0.25, 0.3) is 11.3 Å². The molecule has 148 valence electrons. The molecule has 2 aliphatic rings. The number of oxazole rings is 1. The summed E-state index contributed by atoms with van der Waals surface area (Å²) in [5.41, 5.74) is 6.83. The largest absolute Gasteiger partial charge is 0.486 e. The van der Waals surface area contributed by atoms with Crippen LogP contribution < -0.4 is 15.2 Å². The van der Waals surface area contributed by atoms with E-state index >= 15 is 0 Å². The Morgan fingerprint density at radius 1 is 1.26 bits per heavy atom. The molecule has 2 atom stereocenters. The van der Waals surface area contributed by atoms with Crippen LogP contribution in [0, 0.1) is 5.92 Å². The average molecular weight is 416 g/mol. The van der Waals surface area contributed by atoms with E-state index in [4.69, 9.17) is 19.6 Å². The molecule has 1 aromatic carbocycles. The quantitative estimate of drug-likeness (QED) is 0.828. The van der Waals surface area contributed by atoms with E-state index in [0.29, 0.717) is 55.2 Å². The average Bonchev–Trinajstić information content (AvgIpc) is 3.27. The van der Waals surface area contributed by atoms with Crippen LogP contribution in [0.4, 0.5) is 0 Å².